The number of nitrogens with two attached hydrogens (primary N) is 1. The zero-order valence-electron chi connectivity index (χ0n) is 11.3. The van der Waals surface area contributed by atoms with E-state index >= 15 is 0 Å². The number of rotatable bonds is 4. The molecule has 102 valence electrons. The highest BCUT2D eigenvalue weighted by Crippen LogP contribution is 2.33. The van der Waals surface area contributed by atoms with Crippen LogP contribution in [0.2, 0.25) is 5.02 Å². The SMILES string of the molecule is CCC(N)C(Oc1cc(Br)ccc1Cl)C(C)(C)C. The summed E-state index contributed by atoms with van der Waals surface area (Å²) in [6.45, 7) is 8.44. The minimum absolute atomic E-state index is 0.0138. The Kier molecular flexibility index (Phi) is 5.50. The smallest absolute Gasteiger partial charge is 0.139 e. The summed E-state index contributed by atoms with van der Waals surface area (Å²) in [7, 11) is 0. The monoisotopic (exact) mass is 333 g/mol. The van der Waals surface area contributed by atoms with Gasteiger partial charge in [-0.1, -0.05) is 55.2 Å². The molecule has 2 N–H and O–H groups in total. The molecule has 0 aromatic heterocycles. The lowest BCUT2D eigenvalue weighted by Gasteiger charge is -2.35. The predicted molar refractivity (Wildman–Crippen MR) is 81.3 cm³/mol. The van der Waals surface area contributed by atoms with Gasteiger partial charge < -0.3 is 10.5 Å². The average Bonchev–Trinajstić information content (AvgIpc) is 2.27. The lowest BCUT2D eigenvalue weighted by molar-refractivity contribution is 0.0622. The van der Waals surface area contributed by atoms with Crippen LogP contribution in [-0.4, -0.2) is 12.1 Å². The highest BCUT2D eigenvalue weighted by molar-refractivity contribution is 9.10. The molecule has 2 nitrogen and oxygen atoms in total. The first-order valence-electron chi connectivity index (χ1n) is 6.13. The van der Waals surface area contributed by atoms with Crippen molar-refractivity contribution in [1.29, 1.82) is 0 Å². The molecule has 18 heavy (non-hydrogen) atoms. The molecule has 2 unspecified atom stereocenters. The zero-order valence-corrected chi connectivity index (χ0v) is 13.7. The summed E-state index contributed by atoms with van der Waals surface area (Å²) in [6, 6.07) is 5.57. The summed E-state index contributed by atoms with van der Waals surface area (Å²) in [4.78, 5) is 0. The summed E-state index contributed by atoms with van der Waals surface area (Å²) < 4.78 is 7.00. The van der Waals surface area contributed by atoms with E-state index < -0.39 is 0 Å². The van der Waals surface area contributed by atoms with Crippen LogP contribution in [0, 0.1) is 5.41 Å². The van der Waals surface area contributed by atoms with E-state index in [1.165, 1.54) is 0 Å². The Morgan fingerprint density at radius 2 is 2.00 bits per heavy atom. The fraction of sp³-hybridized carbons (Fsp3) is 0.571. The second kappa shape index (κ2) is 6.27. The van der Waals surface area contributed by atoms with Gasteiger partial charge in [0.1, 0.15) is 11.9 Å². The maximum atomic E-state index is 6.16. The molecular formula is C14H21BrClNO. The first-order valence-corrected chi connectivity index (χ1v) is 7.30. The summed E-state index contributed by atoms with van der Waals surface area (Å²) in [5.41, 5.74) is 6.12. The van der Waals surface area contributed by atoms with Crippen molar-refractivity contribution in [1.82, 2.24) is 0 Å². The quantitative estimate of drug-likeness (QED) is 0.871. The minimum atomic E-state index is -0.0747. The van der Waals surface area contributed by atoms with Crippen molar-refractivity contribution in [2.24, 2.45) is 11.1 Å². The van der Waals surface area contributed by atoms with Gasteiger partial charge in [-0.05, 0) is 24.6 Å². The molecule has 1 aromatic carbocycles. The Bertz CT molecular complexity index is 403. The van der Waals surface area contributed by atoms with Crippen molar-refractivity contribution in [3.8, 4) is 5.75 Å². The molecule has 0 spiro atoms. The zero-order chi connectivity index (χ0) is 13.9. The van der Waals surface area contributed by atoms with Gasteiger partial charge in [0.25, 0.3) is 0 Å². The molecule has 0 saturated carbocycles. The molecular weight excluding hydrogens is 314 g/mol. The summed E-state index contributed by atoms with van der Waals surface area (Å²) in [6.07, 6.45) is 0.794. The summed E-state index contributed by atoms with van der Waals surface area (Å²) in [5, 5.41) is 0.607. The van der Waals surface area contributed by atoms with Crippen LogP contribution in [0.4, 0.5) is 0 Å². The van der Waals surface area contributed by atoms with Crippen LogP contribution in [-0.2, 0) is 0 Å². The van der Waals surface area contributed by atoms with E-state index in [4.69, 9.17) is 22.1 Å². The molecule has 4 heteroatoms. The van der Waals surface area contributed by atoms with Crippen LogP contribution in [0.3, 0.4) is 0 Å². The van der Waals surface area contributed by atoms with E-state index in [2.05, 4.69) is 43.6 Å². The van der Waals surface area contributed by atoms with Crippen molar-refractivity contribution >= 4 is 27.5 Å². The van der Waals surface area contributed by atoms with Gasteiger partial charge in [-0.15, -0.1) is 0 Å². The van der Waals surface area contributed by atoms with Gasteiger partial charge in [0.05, 0.1) is 5.02 Å². The van der Waals surface area contributed by atoms with Crippen molar-refractivity contribution in [2.75, 3.05) is 0 Å². The lowest BCUT2D eigenvalue weighted by atomic mass is 9.84. The van der Waals surface area contributed by atoms with E-state index in [1.807, 2.05) is 18.2 Å². The number of hydrogen-bond donors (Lipinski definition) is 1. The molecule has 0 amide bonds. The first kappa shape index (κ1) is 15.8. The standard InChI is InChI=1S/C14H21BrClNO/c1-5-11(17)13(14(2,3)4)18-12-8-9(15)6-7-10(12)16/h6-8,11,13H,5,17H2,1-4H3. The van der Waals surface area contributed by atoms with Crippen LogP contribution in [0.15, 0.2) is 22.7 Å². The van der Waals surface area contributed by atoms with Crippen LogP contribution in [0.5, 0.6) is 5.75 Å². The third kappa shape index (κ3) is 4.15. The molecule has 1 aromatic rings. The summed E-state index contributed by atoms with van der Waals surface area (Å²) in [5.74, 6) is 0.676. The third-order valence-electron chi connectivity index (χ3n) is 2.86. The van der Waals surface area contributed by atoms with Crippen LogP contribution in [0.25, 0.3) is 0 Å². The van der Waals surface area contributed by atoms with E-state index in [0.717, 1.165) is 10.9 Å². The summed E-state index contributed by atoms with van der Waals surface area (Å²) >= 11 is 9.57. The third-order valence-corrected chi connectivity index (χ3v) is 3.67. The van der Waals surface area contributed by atoms with Gasteiger partial charge >= 0.3 is 0 Å². The van der Waals surface area contributed by atoms with Crippen molar-refractivity contribution < 1.29 is 4.74 Å². The molecule has 0 aliphatic rings. The number of hydrogen-bond acceptors (Lipinski definition) is 2. The van der Waals surface area contributed by atoms with E-state index in [9.17, 15) is 0 Å². The topological polar surface area (TPSA) is 35.2 Å². The van der Waals surface area contributed by atoms with Crippen LogP contribution in [0.1, 0.15) is 34.1 Å². The number of benzene rings is 1. The van der Waals surface area contributed by atoms with Gasteiger partial charge in [-0.25, -0.2) is 0 Å². The lowest BCUT2D eigenvalue weighted by Crippen LogP contribution is -2.47. The Balaban J connectivity index is 3.00. The normalized spacial score (nSPS) is 15.3. The van der Waals surface area contributed by atoms with Gasteiger partial charge in [0.2, 0.25) is 0 Å². The molecule has 0 aliphatic heterocycles. The van der Waals surface area contributed by atoms with Gasteiger partial charge in [-0.2, -0.15) is 0 Å². The number of ether oxygens (including phenoxy) is 1. The maximum absolute atomic E-state index is 6.16. The fourth-order valence-corrected chi connectivity index (χ4v) is 2.33. The van der Waals surface area contributed by atoms with Crippen LogP contribution < -0.4 is 10.5 Å². The van der Waals surface area contributed by atoms with E-state index in [-0.39, 0.29) is 17.6 Å². The molecule has 1 rings (SSSR count). The van der Waals surface area contributed by atoms with Gasteiger partial charge in [0.15, 0.2) is 0 Å². The molecule has 2 atom stereocenters. The molecule has 0 bridgehead atoms. The second-order valence-corrected chi connectivity index (χ2v) is 6.87. The first-order chi connectivity index (χ1) is 8.25. The number of halogens is 2. The van der Waals surface area contributed by atoms with Crippen LogP contribution >= 0.6 is 27.5 Å². The highest BCUT2D eigenvalue weighted by Gasteiger charge is 2.31. The second-order valence-electron chi connectivity index (χ2n) is 5.55. The molecule has 0 fully saturated rings. The predicted octanol–water partition coefficient (Wildman–Crippen LogP) is 4.63. The molecule has 0 saturated heterocycles. The molecule has 0 heterocycles. The largest absolute Gasteiger partial charge is 0.487 e. The average molecular weight is 335 g/mol. The van der Waals surface area contributed by atoms with Crippen molar-refractivity contribution in [3.63, 3.8) is 0 Å². The van der Waals surface area contributed by atoms with E-state index in [0.29, 0.717) is 10.8 Å². The van der Waals surface area contributed by atoms with Crippen molar-refractivity contribution in [2.45, 2.75) is 46.3 Å². The minimum Gasteiger partial charge on any atom is -0.487 e. The molecule has 0 radical (unpaired) electrons. The molecule has 0 aliphatic carbocycles. The Morgan fingerprint density at radius 1 is 1.39 bits per heavy atom. The Morgan fingerprint density at radius 3 is 2.50 bits per heavy atom. The van der Waals surface area contributed by atoms with Gasteiger partial charge in [-0.3, -0.25) is 0 Å². The maximum Gasteiger partial charge on any atom is 0.139 e. The Hall–Kier alpha value is -0.250. The Labute approximate surface area is 123 Å². The van der Waals surface area contributed by atoms with Gasteiger partial charge in [0, 0.05) is 15.9 Å². The van der Waals surface area contributed by atoms with Crippen molar-refractivity contribution in [3.05, 3.63) is 27.7 Å². The van der Waals surface area contributed by atoms with E-state index in [1.54, 1.807) is 0 Å². The highest BCUT2D eigenvalue weighted by atomic mass is 79.9. The fourth-order valence-electron chi connectivity index (χ4n) is 1.82.